The Hall–Kier alpha value is -0.450. The van der Waals surface area contributed by atoms with Crippen molar-refractivity contribution in [2.75, 3.05) is 13.2 Å². The minimum atomic E-state index is 0.0679. The van der Waals surface area contributed by atoms with E-state index in [0.29, 0.717) is 5.92 Å². The Morgan fingerprint density at radius 1 is 1.24 bits per heavy atom. The van der Waals surface area contributed by atoms with Gasteiger partial charge in [0.2, 0.25) is 0 Å². The molecule has 0 aliphatic carbocycles. The van der Waals surface area contributed by atoms with E-state index in [2.05, 4.69) is 53.8 Å². The molecule has 0 saturated heterocycles. The molecule has 0 radical (unpaired) electrons. The third-order valence-corrected chi connectivity index (χ3v) is 4.42. The number of rotatable bonds is 8. The Balaban J connectivity index is 3.07. The SMILES string of the molecule is CCNCc1sc(C(OCC)C(C)(C)C)nc1CC(C)C. The maximum Gasteiger partial charge on any atom is 0.123 e. The van der Waals surface area contributed by atoms with Crippen molar-refractivity contribution in [2.24, 2.45) is 11.3 Å². The van der Waals surface area contributed by atoms with Gasteiger partial charge in [-0.2, -0.15) is 0 Å². The summed E-state index contributed by atoms with van der Waals surface area (Å²) in [7, 11) is 0. The standard InChI is InChI=1S/C17H32N2OS/c1-8-18-11-14-13(10-12(3)4)19-16(21-14)15(20-9-2)17(5,6)7/h12,15,18H,8-11H2,1-7H3. The average molecular weight is 313 g/mol. The largest absolute Gasteiger partial charge is 0.371 e. The molecule has 1 unspecified atom stereocenters. The second-order valence-electron chi connectivity index (χ2n) is 7.00. The van der Waals surface area contributed by atoms with Crippen molar-refractivity contribution in [1.29, 1.82) is 0 Å². The second kappa shape index (κ2) is 8.25. The van der Waals surface area contributed by atoms with Gasteiger partial charge in [0.05, 0.1) is 5.69 Å². The fourth-order valence-corrected chi connectivity index (χ4v) is 3.65. The molecule has 3 nitrogen and oxygen atoms in total. The number of aromatic nitrogens is 1. The van der Waals surface area contributed by atoms with Crippen LogP contribution in [0.15, 0.2) is 0 Å². The minimum absolute atomic E-state index is 0.0679. The molecular formula is C17H32N2OS. The van der Waals surface area contributed by atoms with Crippen molar-refractivity contribution in [3.05, 3.63) is 15.6 Å². The molecule has 1 N–H and O–H groups in total. The summed E-state index contributed by atoms with van der Waals surface area (Å²) in [5, 5.41) is 4.56. The van der Waals surface area contributed by atoms with Gasteiger partial charge in [-0.05, 0) is 31.2 Å². The predicted molar refractivity (Wildman–Crippen MR) is 91.9 cm³/mol. The van der Waals surface area contributed by atoms with Gasteiger partial charge in [-0.1, -0.05) is 41.5 Å². The molecule has 0 aromatic carbocycles. The van der Waals surface area contributed by atoms with E-state index in [-0.39, 0.29) is 11.5 Å². The van der Waals surface area contributed by atoms with Gasteiger partial charge in [-0.15, -0.1) is 11.3 Å². The lowest BCUT2D eigenvalue weighted by molar-refractivity contribution is -0.0134. The van der Waals surface area contributed by atoms with E-state index in [1.165, 1.54) is 10.6 Å². The predicted octanol–water partition coefficient (Wildman–Crippen LogP) is 4.57. The van der Waals surface area contributed by atoms with Gasteiger partial charge in [0.15, 0.2) is 0 Å². The fourth-order valence-electron chi connectivity index (χ4n) is 2.30. The molecule has 122 valence electrons. The smallest absolute Gasteiger partial charge is 0.123 e. The van der Waals surface area contributed by atoms with Crippen LogP contribution in [0.1, 0.15) is 70.1 Å². The summed E-state index contributed by atoms with van der Waals surface area (Å²) >= 11 is 1.82. The van der Waals surface area contributed by atoms with Crippen molar-refractivity contribution in [2.45, 2.75) is 67.5 Å². The molecule has 21 heavy (non-hydrogen) atoms. The first kappa shape index (κ1) is 18.6. The van der Waals surface area contributed by atoms with Crippen LogP contribution in [0.3, 0.4) is 0 Å². The van der Waals surface area contributed by atoms with Crippen LogP contribution in [-0.2, 0) is 17.7 Å². The molecule has 0 spiro atoms. The quantitative estimate of drug-likeness (QED) is 0.763. The lowest BCUT2D eigenvalue weighted by Crippen LogP contribution is -2.21. The Bertz CT molecular complexity index is 421. The van der Waals surface area contributed by atoms with Crippen LogP contribution >= 0.6 is 11.3 Å². The number of nitrogens with zero attached hydrogens (tertiary/aromatic N) is 1. The molecule has 0 aliphatic rings. The molecule has 4 heteroatoms. The van der Waals surface area contributed by atoms with Crippen LogP contribution in [0.4, 0.5) is 0 Å². The molecule has 0 bridgehead atoms. The lowest BCUT2D eigenvalue weighted by Gasteiger charge is -2.28. The van der Waals surface area contributed by atoms with E-state index in [1.54, 1.807) is 0 Å². The summed E-state index contributed by atoms with van der Waals surface area (Å²) < 4.78 is 6.00. The van der Waals surface area contributed by atoms with Gasteiger partial charge in [0, 0.05) is 18.0 Å². The van der Waals surface area contributed by atoms with Gasteiger partial charge in [0.1, 0.15) is 11.1 Å². The molecule has 0 amide bonds. The molecule has 1 heterocycles. The third-order valence-electron chi connectivity index (χ3n) is 3.28. The number of thiazole rings is 1. The normalized spacial score (nSPS) is 13.9. The molecule has 1 aromatic heterocycles. The van der Waals surface area contributed by atoms with E-state index < -0.39 is 0 Å². The van der Waals surface area contributed by atoms with E-state index in [4.69, 9.17) is 9.72 Å². The van der Waals surface area contributed by atoms with Crippen LogP contribution < -0.4 is 5.32 Å². The van der Waals surface area contributed by atoms with Gasteiger partial charge in [0.25, 0.3) is 0 Å². The first-order valence-corrected chi connectivity index (χ1v) is 8.92. The number of nitrogens with one attached hydrogen (secondary N) is 1. The van der Waals surface area contributed by atoms with Crippen LogP contribution in [0.2, 0.25) is 0 Å². The highest BCUT2D eigenvalue weighted by molar-refractivity contribution is 7.11. The summed E-state index contributed by atoms with van der Waals surface area (Å²) in [5.74, 6) is 0.625. The van der Waals surface area contributed by atoms with Crippen LogP contribution in [-0.4, -0.2) is 18.1 Å². The van der Waals surface area contributed by atoms with Crippen molar-refractivity contribution < 1.29 is 4.74 Å². The highest BCUT2D eigenvalue weighted by atomic mass is 32.1. The van der Waals surface area contributed by atoms with Crippen molar-refractivity contribution in [3.8, 4) is 0 Å². The Morgan fingerprint density at radius 3 is 2.38 bits per heavy atom. The van der Waals surface area contributed by atoms with E-state index in [1.807, 2.05) is 11.3 Å². The topological polar surface area (TPSA) is 34.1 Å². The number of hydrogen-bond donors (Lipinski definition) is 1. The summed E-state index contributed by atoms with van der Waals surface area (Å²) in [4.78, 5) is 6.31. The van der Waals surface area contributed by atoms with Gasteiger partial charge in [-0.25, -0.2) is 4.98 Å². The zero-order valence-electron chi connectivity index (χ0n) is 14.7. The summed E-state index contributed by atoms with van der Waals surface area (Å²) in [6.07, 6.45) is 1.12. The van der Waals surface area contributed by atoms with Crippen molar-refractivity contribution in [3.63, 3.8) is 0 Å². The van der Waals surface area contributed by atoms with Crippen LogP contribution in [0, 0.1) is 11.3 Å². The monoisotopic (exact) mass is 312 g/mol. The van der Waals surface area contributed by atoms with Gasteiger partial charge >= 0.3 is 0 Å². The molecule has 1 rings (SSSR count). The van der Waals surface area contributed by atoms with E-state index in [0.717, 1.165) is 31.1 Å². The number of ether oxygens (including phenoxy) is 1. The van der Waals surface area contributed by atoms with Crippen molar-refractivity contribution >= 4 is 11.3 Å². The van der Waals surface area contributed by atoms with Crippen LogP contribution in [0.25, 0.3) is 0 Å². The zero-order valence-corrected chi connectivity index (χ0v) is 15.6. The Morgan fingerprint density at radius 2 is 1.90 bits per heavy atom. The van der Waals surface area contributed by atoms with E-state index >= 15 is 0 Å². The molecule has 0 aliphatic heterocycles. The maximum absolute atomic E-state index is 6.00. The van der Waals surface area contributed by atoms with Gasteiger partial charge in [-0.3, -0.25) is 0 Å². The number of hydrogen-bond acceptors (Lipinski definition) is 4. The van der Waals surface area contributed by atoms with Crippen LogP contribution in [0.5, 0.6) is 0 Å². The zero-order chi connectivity index (χ0) is 16.0. The Kier molecular flexibility index (Phi) is 7.31. The first-order chi connectivity index (χ1) is 9.79. The lowest BCUT2D eigenvalue weighted by atomic mass is 9.89. The molecule has 0 fully saturated rings. The molecule has 0 saturated carbocycles. The third kappa shape index (κ3) is 5.68. The second-order valence-corrected chi connectivity index (χ2v) is 8.12. The molecule has 1 aromatic rings. The molecule has 1 atom stereocenters. The summed E-state index contributed by atoms with van der Waals surface area (Å²) in [6.45, 7) is 18.0. The summed E-state index contributed by atoms with van der Waals surface area (Å²) in [6, 6.07) is 0. The highest BCUT2D eigenvalue weighted by Crippen LogP contribution is 2.39. The van der Waals surface area contributed by atoms with Gasteiger partial charge < -0.3 is 10.1 Å². The first-order valence-electron chi connectivity index (χ1n) is 8.10. The maximum atomic E-state index is 6.00. The highest BCUT2D eigenvalue weighted by Gasteiger charge is 2.30. The van der Waals surface area contributed by atoms with E-state index in [9.17, 15) is 0 Å². The van der Waals surface area contributed by atoms with Crippen molar-refractivity contribution in [1.82, 2.24) is 10.3 Å². The Labute approximate surface area is 134 Å². The fraction of sp³-hybridized carbons (Fsp3) is 0.824. The average Bonchev–Trinajstić information content (AvgIpc) is 2.73. The molecular weight excluding hydrogens is 280 g/mol. The minimum Gasteiger partial charge on any atom is -0.371 e. The summed E-state index contributed by atoms with van der Waals surface area (Å²) in [5.41, 5.74) is 1.32.